The molecule has 5 rings (SSSR count). The van der Waals surface area contributed by atoms with E-state index >= 15 is 0 Å². The number of fused-ring (bicyclic) bond motifs is 1. The van der Waals surface area contributed by atoms with Gasteiger partial charge in [-0.25, -0.2) is 14.4 Å². The molecule has 1 unspecified atom stereocenters. The van der Waals surface area contributed by atoms with Gasteiger partial charge in [-0.05, 0) is 43.3 Å². The minimum absolute atomic E-state index is 0.178. The van der Waals surface area contributed by atoms with Crippen LogP contribution in [0.25, 0.3) is 11.4 Å². The van der Waals surface area contributed by atoms with Gasteiger partial charge in [-0.1, -0.05) is 0 Å². The zero-order valence-corrected chi connectivity index (χ0v) is 20.6. The Kier molecular flexibility index (Phi) is 7.19. The number of anilines is 3. The van der Waals surface area contributed by atoms with Gasteiger partial charge in [0.1, 0.15) is 42.7 Å². The predicted octanol–water partition coefficient (Wildman–Crippen LogP) is 2.66. The van der Waals surface area contributed by atoms with Gasteiger partial charge >= 0.3 is 0 Å². The average molecular weight is 520 g/mol. The molecule has 12 heteroatoms. The second-order valence-electron chi connectivity index (χ2n) is 8.99. The van der Waals surface area contributed by atoms with E-state index < -0.39 is 24.3 Å². The van der Waals surface area contributed by atoms with Crippen LogP contribution in [0.1, 0.15) is 18.9 Å². The van der Waals surface area contributed by atoms with Gasteiger partial charge in [-0.3, -0.25) is 4.79 Å². The molecule has 0 bridgehead atoms. The minimum atomic E-state index is -1.46. The van der Waals surface area contributed by atoms with Gasteiger partial charge in [0, 0.05) is 30.8 Å². The number of likely N-dealkylation sites (tertiary alicyclic amines) is 1. The number of alkyl halides is 1. The van der Waals surface area contributed by atoms with E-state index in [9.17, 15) is 19.6 Å². The highest BCUT2D eigenvalue weighted by molar-refractivity contribution is 5.80. The van der Waals surface area contributed by atoms with E-state index in [4.69, 9.17) is 9.47 Å². The zero-order chi connectivity index (χ0) is 26.6. The standard InChI is InChI=1S/C26H26FN7O4/c1-15(35)25(36)34-8-6-22(19(27)13-34)38-21-4-2-16(10-17(21)12-28)24-30-14-31-26(33-24)32-18-3-5-23-20(11-18)29-7-9-37-23/h2-5,10-11,14-15,19,22,29,35H,6-9,13H2,1H3,(H,30,31,32,33)/t15?,19-,22+/m1/s1. The molecule has 3 atom stereocenters. The monoisotopic (exact) mass is 519 g/mol. The molecule has 38 heavy (non-hydrogen) atoms. The predicted molar refractivity (Wildman–Crippen MR) is 136 cm³/mol. The van der Waals surface area contributed by atoms with Crippen molar-refractivity contribution < 1.29 is 23.8 Å². The van der Waals surface area contributed by atoms with Crippen molar-refractivity contribution in [3.8, 4) is 29.0 Å². The van der Waals surface area contributed by atoms with Crippen LogP contribution in [0.2, 0.25) is 0 Å². The number of carbonyl (C=O) groups is 1. The van der Waals surface area contributed by atoms with Crippen molar-refractivity contribution in [1.82, 2.24) is 19.9 Å². The molecular formula is C26H26FN7O4. The number of aromatic nitrogens is 3. The Labute approximate surface area is 218 Å². The molecule has 0 saturated carbocycles. The summed E-state index contributed by atoms with van der Waals surface area (Å²) in [7, 11) is 0. The Balaban J connectivity index is 1.29. The summed E-state index contributed by atoms with van der Waals surface area (Å²) >= 11 is 0. The molecule has 2 aliphatic heterocycles. The second kappa shape index (κ2) is 10.9. The molecule has 0 spiro atoms. The number of amides is 1. The van der Waals surface area contributed by atoms with E-state index in [-0.39, 0.29) is 30.8 Å². The number of nitriles is 1. The lowest BCUT2D eigenvalue weighted by Crippen LogP contribution is -2.51. The molecule has 196 valence electrons. The molecule has 3 heterocycles. The molecule has 2 aromatic carbocycles. The summed E-state index contributed by atoms with van der Waals surface area (Å²) in [5.74, 6) is 1.16. The Morgan fingerprint density at radius 3 is 3.00 bits per heavy atom. The van der Waals surface area contributed by atoms with Crippen LogP contribution in [0.4, 0.5) is 21.7 Å². The fourth-order valence-corrected chi connectivity index (χ4v) is 4.35. The molecule has 1 aromatic heterocycles. The number of aliphatic hydroxyl groups is 1. The maximum absolute atomic E-state index is 14.8. The SMILES string of the molecule is CC(O)C(=O)N1CC[C@H](Oc2ccc(-c3ncnc(Nc4ccc5c(c4)NCCO5)n3)cc2C#N)[C@H](F)C1. The van der Waals surface area contributed by atoms with E-state index in [1.165, 1.54) is 18.2 Å². The van der Waals surface area contributed by atoms with E-state index in [1.54, 1.807) is 18.2 Å². The van der Waals surface area contributed by atoms with Crippen LogP contribution < -0.4 is 20.1 Å². The highest BCUT2D eigenvalue weighted by Crippen LogP contribution is 2.32. The summed E-state index contributed by atoms with van der Waals surface area (Å²) in [4.78, 5) is 26.1. The van der Waals surface area contributed by atoms with Gasteiger partial charge in [-0.15, -0.1) is 0 Å². The summed E-state index contributed by atoms with van der Waals surface area (Å²) in [5, 5.41) is 25.6. The maximum Gasteiger partial charge on any atom is 0.251 e. The van der Waals surface area contributed by atoms with Crippen molar-refractivity contribution >= 4 is 23.2 Å². The highest BCUT2D eigenvalue weighted by atomic mass is 19.1. The quantitative estimate of drug-likeness (QED) is 0.444. The first-order valence-corrected chi connectivity index (χ1v) is 12.2. The third kappa shape index (κ3) is 5.42. The number of carbonyl (C=O) groups excluding carboxylic acids is 1. The first-order valence-electron chi connectivity index (χ1n) is 12.2. The molecule has 3 aromatic rings. The van der Waals surface area contributed by atoms with E-state index in [0.717, 1.165) is 23.7 Å². The van der Waals surface area contributed by atoms with Gasteiger partial charge in [0.15, 0.2) is 12.0 Å². The van der Waals surface area contributed by atoms with Gasteiger partial charge in [0.2, 0.25) is 5.95 Å². The molecule has 3 N–H and O–H groups in total. The zero-order valence-electron chi connectivity index (χ0n) is 20.6. The van der Waals surface area contributed by atoms with E-state index in [2.05, 4.69) is 31.7 Å². The summed E-state index contributed by atoms with van der Waals surface area (Å²) in [6.45, 7) is 2.77. The topological polar surface area (TPSA) is 146 Å². The number of benzene rings is 2. The Bertz CT molecular complexity index is 1380. The van der Waals surface area contributed by atoms with Crippen molar-refractivity contribution in [2.24, 2.45) is 0 Å². The first kappa shape index (κ1) is 25.2. The molecule has 1 saturated heterocycles. The van der Waals surface area contributed by atoms with Crippen LogP contribution in [0, 0.1) is 11.3 Å². The first-order chi connectivity index (χ1) is 18.4. The average Bonchev–Trinajstić information content (AvgIpc) is 2.94. The number of hydrogen-bond acceptors (Lipinski definition) is 10. The molecule has 0 aliphatic carbocycles. The number of aliphatic hydroxyl groups excluding tert-OH is 1. The third-order valence-corrected chi connectivity index (χ3v) is 6.27. The number of piperidine rings is 1. The summed E-state index contributed by atoms with van der Waals surface area (Å²) in [6, 6.07) is 12.6. The van der Waals surface area contributed by atoms with Gasteiger partial charge in [0.05, 0.1) is 17.8 Å². The third-order valence-electron chi connectivity index (χ3n) is 6.27. The smallest absolute Gasteiger partial charge is 0.251 e. The van der Waals surface area contributed by atoms with Crippen molar-refractivity contribution in [2.45, 2.75) is 31.7 Å². The summed E-state index contributed by atoms with van der Waals surface area (Å²) in [6.07, 6.45) is -1.86. The van der Waals surface area contributed by atoms with Crippen molar-refractivity contribution in [1.29, 1.82) is 5.26 Å². The maximum atomic E-state index is 14.8. The van der Waals surface area contributed by atoms with Crippen LogP contribution in [0.3, 0.4) is 0 Å². The molecule has 2 aliphatic rings. The second-order valence-corrected chi connectivity index (χ2v) is 8.99. The lowest BCUT2D eigenvalue weighted by atomic mass is 10.0. The van der Waals surface area contributed by atoms with E-state index in [0.29, 0.717) is 23.9 Å². The molecule has 1 fully saturated rings. The van der Waals surface area contributed by atoms with Gasteiger partial charge in [0.25, 0.3) is 5.91 Å². The van der Waals surface area contributed by atoms with Crippen LogP contribution in [0.15, 0.2) is 42.7 Å². The van der Waals surface area contributed by atoms with Crippen molar-refractivity contribution in [3.05, 3.63) is 48.3 Å². The molecule has 0 radical (unpaired) electrons. The minimum Gasteiger partial charge on any atom is -0.490 e. The highest BCUT2D eigenvalue weighted by Gasteiger charge is 2.34. The van der Waals surface area contributed by atoms with Crippen LogP contribution in [0.5, 0.6) is 11.5 Å². The largest absolute Gasteiger partial charge is 0.490 e. The normalized spacial score (nSPS) is 19.3. The van der Waals surface area contributed by atoms with Crippen LogP contribution in [-0.4, -0.2) is 75.5 Å². The number of rotatable bonds is 6. The van der Waals surface area contributed by atoms with Gasteiger partial charge < -0.3 is 30.1 Å². The summed E-state index contributed by atoms with van der Waals surface area (Å²) in [5.41, 5.74) is 2.41. The van der Waals surface area contributed by atoms with Crippen molar-refractivity contribution in [3.63, 3.8) is 0 Å². The summed E-state index contributed by atoms with van der Waals surface area (Å²) < 4.78 is 26.2. The molecular weight excluding hydrogens is 493 g/mol. The van der Waals surface area contributed by atoms with Crippen LogP contribution in [-0.2, 0) is 4.79 Å². The fraction of sp³-hybridized carbons (Fsp3) is 0.346. The Morgan fingerprint density at radius 1 is 1.34 bits per heavy atom. The number of ether oxygens (including phenoxy) is 2. The molecule has 1 amide bonds. The Morgan fingerprint density at radius 2 is 2.21 bits per heavy atom. The van der Waals surface area contributed by atoms with Crippen molar-refractivity contribution in [2.75, 3.05) is 36.9 Å². The van der Waals surface area contributed by atoms with Crippen LogP contribution >= 0.6 is 0 Å². The number of hydrogen-bond donors (Lipinski definition) is 3. The Hall–Kier alpha value is -4.50. The van der Waals surface area contributed by atoms with E-state index in [1.807, 2.05) is 18.2 Å². The lowest BCUT2D eigenvalue weighted by Gasteiger charge is -2.35. The molecule has 11 nitrogen and oxygen atoms in total. The number of halogens is 1. The fourth-order valence-electron chi connectivity index (χ4n) is 4.35. The number of nitrogens with one attached hydrogen (secondary N) is 2. The number of nitrogens with zero attached hydrogens (tertiary/aromatic N) is 5. The lowest BCUT2D eigenvalue weighted by molar-refractivity contribution is -0.143. The van der Waals surface area contributed by atoms with Gasteiger partial charge in [-0.2, -0.15) is 10.2 Å².